The van der Waals surface area contributed by atoms with Gasteiger partial charge in [-0.2, -0.15) is 0 Å². The van der Waals surface area contributed by atoms with Crippen molar-refractivity contribution in [3.8, 4) is 0 Å². The molecule has 0 spiro atoms. The Hall–Kier alpha value is -1.55. The van der Waals surface area contributed by atoms with Crippen molar-refractivity contribution in [3.05, 3.63) is 34.9 Å². The summed E-state index contributed by atoms with van der Waals surface area (Å²) < 4.78 is 0. The van der Waals surface area contributed by atoms with Crippen molar-refractivity contribution < 1.29 is 9.59 Å². The van der Waals surface area contributed by atoms with Crippen LogP contribution in [0.1, 0.15) is 12.5 Å². The lowest BCUT2D eigenvalue weighted by molar-refractivity contribution is -0.132. The molecule has 1 N–H and O–H groups in total. The van der Waals surface area contributed by atoms with Crippen LogP contribution in [0.2, 0.25) is 5.02 Å². The molecular formula is C11H11ClN2O2. The molecule has 1 fully saturated rings. The number of nitrogens with zero attached hydrogens (tertiary/aromatic N) is 1. The van der Waals surface area contributed by atoms with E-state index in [4.69, 9.17) is 11.6 Å². The second-order valence-corrected chi connectivity index (χ2v) is 4.19. The van der Waals surface area contributed by atoms with Gasteiger partial charge >= 0.3 is 0 Å². The molecule has 4 nitrogen and oxygen atoms in total. The first-order valence-electron chi connectivity index (χ1n) is 4.94. The molecule has 0 saturated carbocycles. The van der Waals surface area contributed by atoms with Crippen LogP contribution in [0.3, 0.4) is 0 Å². The van der Waals surface area contributed by atoms with Crippen LogP contribution < -0.4 is 5.43 Å². The minimum atomic E-state index is -0.590. The summed E-state index contributed by atoms with van der Waals surface area (Å²) in [7, 11) is 0. The van der Waals surface area contributed by atoms with Crippen LogP contribution in [-0.2, 0) is 16.1 Å². The van der Waals surface area contributed by atoms with Crippen molar-refractivity contribution >= 4 is 23.4 Å². The molecule has 84 valence electrons. The Morgan fingerprint density at radius 3 is 2.44 bits per heavy atom. The summed E-state index contributed by atoms with van der Waals surface area (Å²) >= 11 is 5.75. The van der Waals surface area contributed by atoms with Gasteiger partial charge in [-0.15, -0.1) is 0 Å². The van der Waals surface area contributed by atoms with Crippen molar-refractivity contribution in [2.24, 2.45) is 5.92 Å². The second kappa shape index (κ2) is 4.14. The van der Waals surface area contributed by atoms with E-state index in [2.05, 4.69) is 5.43 Å². The average Bonchev–Trinajstić information content (AvgIpc) is 2.50. The van der Waals surface area contributed by atoms with Crippen molar-refractivity contribution in [1.82, 2.24) is 10.4 Å². The van der Waals surface area contributed by atoms with Crippen molar-refractivity contribution in [2.75, 3.05) is 0 Å². The van der Waals surface area contributed by atoms with Crippen molar-refractivity contribution in [3.63, 3.8) is 0 Å². The number of hydrazine groups is 1. The van der Waals surface area contributed by atoms with Gasteiger partial charge in [0.15, 0.2) is 0 Å². The van der Waals surface area contributed by atoms with Gasteiger partial charge < -0.3 is 0 Å². The molecule has 1 saturated heterocycles. The molecule has 1 atom stereocenters. The number of hydrogen-bond acceptors (Lipinski definition) is 2. The summed E-state index contributed by atoms with van der Waals surface area (Å²) in [6.45, 7) is 1.96. The van der Waals surface area contributed by atoms with E-state index >= 15 is 0 Å². The molecular weight excluding hydrogens is 228 g/mol. The predicted molar refractivity (Wildman–Crippen MR) is 59.3 cm³/mol. The lowest BCUT2D eigenvalue weighted by Crippen LogP contribution is -2.35. The van der Waals surface area contributed by atoms with Crippen LogP contribution in [0.5, 0.6) is 0 Å². The van der Waals surface area contributed by atoms with Gasteiger partial charge in [0.05, 0.1) is 6.54 Å². The first kappa shape index (κ1) is 11.0. The minimum absolute atomic E-state index is 0.194. The van der Waals surface area contributed by atoms with E-state index < -0.39 is 5.92 Å². The molecule has 0 bridgehead atoms. The fourth-order valence-electron chi connectivity index (χ4n) is 1.52. The normalized spacial score (nSPS) is 20.1. The van der Waals surface area contributed by atoms with Crippen LogP contribution in [0.25, 0.3) is 0 Å². The molecule has 1 aromatic rings. The Kier molecular flexibility index (Phi) is 2.83. The Labute approximate surface area is 98.2 Å². The van der Waals surface area contributed by atoms with E-state index in [0.29, 0.717) is 11.6 Å². The maximum absolute atomic E-state index is 11.6. The number of halogens is 1. The number of rotatable bonds is 2. The first-order chi connectivity index (χ1) is 7.58. The van der Waals surface area contributed by atoms with E-state index in [1.807, 2.05) is 12.1 Å². The van der Waals surface area contributed by atoms with E-state index in [1.165, 1.54) is 5.01 Å². The largest absolute Gasteiger partial charge is 0.272 e. The van der Waals surface area contributed by atoms with Crippen LogP contribution in [0.4, 0.5) is 0 Å². The summed E-state index contributed by atoms with van der Waals surface area (Å²) in [5.74, 6) is -1.04. The summed E-state index contributed by atoms with van der Waals surface area (Å²) in [4.78, 5) is 22.8. The Bertz CT molecular complexity index is 430. The van der Waals surface area contributed by atoms with Gasteiger partial charge in [0.2, 0.25) is 0 Å². The van der Waals surface area contributed by atoms with Crippen molar-refractivity contribution in [2.45, 2.75) is 13.5 Å². The average molecular weight is 239 g/mol. The quantitative estimate of drug-likeness (QED) is 0.791. The Morgan fingerprint density at radius 1 is 1.31 bits per heavy atom. The third kappa shape index (κ3) is 2.02. The van der Waals surface area contributed by atoms with Gasteiger partial charge in [0.25, 0.3) is 11.8 Å². The molecule has 0 radical (unpaired) electrons. The topological polar surface area (TPSA) is 49.4 Å². The number of benzene rings is 1. The van der Waals surface area contributed by atoms with Crippen molar-refractivity contribution in [1.29, 1.82) is 0 Å². The van der Waals surface area contributed by atoms with E-state index in [1.54, 1.807) is 19.1 Å². The number of hydrogen-bond donors (Lipinski definition) is 1. The molecule has 1 aliphatic rings. The summed E-state index contributed by atoms with van der Waals surface area (Å²) in [5.41, 5.74) is 3.45. The number of amides is 2. The van der Waals surface area contributed by atoms with Crippen LogP contribution >= 0.6 is 11.6 Å². The fraction of sp³-hybridized carbons (Fsp3) is 0.273. The molecule has 1 heterocycles. The molecule has 1 unspecified atom stereocenters. The number of nitrogens with one attached hydrogen (secondary N) is 1. The third-order valence-electron chi connectivity index (χ3n) is 2.53. The highest BCUT2D eigenvalue weighted by Gasteiger charge is 2.35. The predicted octanol–water partition coefficient (Wildman–Crippen LogP) is 1.35. The Morgan fingerprint density at radius 2 is 1.94 bits per heavy atom. The first-order valence-corrected chi connectivity index (χ1v) is 5.32. The highest BCUT2D eigenvalue weighted by molar-refractivity contribution is 6.30. The van der Waals surface area contributed by atoms with E-state index in [9.17, 15) is 9.59 Å². The summed E-state index contributed by atoms with van der Waals surface area (Å²) in [6, 6.07) is 7.15. The summed E-state index contributed by atoms with van der Waals surface area (Å²) in [5, 5.41) is 1.98. The molecule has 2 amide bonds. The van der Waals surface area contributed by atoms with Crippen LogP contribution in [0.15, 0.2) is 24.3 Å². The van der Waals surface area contributed by atoms with Gasteiger partial charge in [0.1, 0.15) is 5.92 Å². The van der Waals surface area contributed by atoms with Gasteiger partial charge in [-0.3, -0.25) is 15.0 Å². The van der Waals surface area contributed by atoms with Gasteiger partial charge in [-0.05, 0) is 24.6 Å². The van der Waals surface area contributed by atoms with Gasteiger partial charge in [0, 0.05) is 5.02 Å². The maximum Gasteiger partial charge on any atom is 0.253 e. The lowest BCUT2D eigenvalue weighted by atomic mass is 10.1. The lowest BCUT2D eigenvalue weighted by Gasteiger charge is -2.15. The minimum Gasteiger partial charge on any atom is -0.272 e. The molecule has 0 aromatic heterocycles. The molecule has 1 aromatic carbocycles. The highest BCUT2D eigenvalue weighted by Crippen LogP contribution is 2.15. The molecule has 0 aliphatic carbocycles. The van der Waals surface area contributed by atoms with E-state index in [0.717, 1.165) is 5.56 Å². The molecule has 2 rings (SSSR count). The van der Waals surface area contributed by atoms with E-state index in [-0.39, 0.29) is 11.8 Å². The SMILES string of the molecule is CC1C(=O)NN(Cc2ccc(Cl)cc2)C1=O. The van der Waals surface area contributed by atoms with Gasteiger partial charge in [-0.25, -0.2) is 5.01 Å². The second-order valence-electron chi connectivity index (χ2n) is 3.75. The number of carbonyl (C=O) groups is 2. The highest BCUT2D eigenvalue weighted by atomic mass is 35.5. The monoisotopic (exact) mass is 238 g/mol. The number of carbonyl (C=O) groups excluding carboxylic acids is 2. The molecule has 16 heavy (non-hydrogen) atoms. The maximum atomic E-state index is 11.6. The zero-order valence-electron chi connectivity index (χ0n) is 8.74. The third-order valence-corrected chi connectivity index (χ3v) is 2.78. The molecule has 5 heteroatoms. The Balaban J connectivity index is 2.09. The zero-order chi connectivity index (χ0) is 11.7. The standard InChI is InChI=1S/C11H11ClN2O2/c1-7-10(15)13-14(11(7)16)6-8-2-4-9(12)5-3-8/h2-5,7H,6H2,1H3,(H,13,15). The van der Waals surface area contributed by atoms with Gasteiger partial charge in [-0.1, -0.05) is 23.7 Å². The van der Waals surface area contributed by atoms with Crippen LogP contribution in [0, 0.1) is 5.92 Å². The summed E-state index contributed by atoms with van der Waals surface area (Å²) in [6.07, 6.45) is 0. The fourth-order valence-corrected chi connectivity index (χ4v) is 1.65. The smallest absolute Gasteiger partial charge is 0.253 e. The van der Waals surface area contributed by atoms with Crippen LogP contribution in [-0.4, -0.2) is 16.8 Å². The zero-order valence-corrected chi connectivity index (χ0v) is 9.49. The molecule has 1 aliphatic heterocycles.